The van der Waals surface area contributed by atoms with E-state index in [1.165, 1.54) is 28.1 Å². The van der Waals surface area contributed by atoms with Gasteiger partial charge in [0.1, 0.15) is 6.54 Å². The van der Waals surface area contributed by atoms with Crippen molar-refractivity contribution < 1.29 is 18.8 Å². The first-order valence-corrected chi connectivity index (χ1v) is 13.7. The van der Waals surface area contributed by atoms with Crippen LogP contribution in [0.25, 0.3) is 6.08 Å². The van der Waals surface area contributed by atoms with Crippen molar-refractivity contribution in [2.75, 3.05) is 51.1 Å². The van der Waals surface area contributed by atoms with Crippen LogP contribution in [0.4, 0.5) is 5.13 Å². The van der Waals surface area contributed by atoms with Crippen molar-refractivity contribution in [1.29, 1.82) is 0 Å². The Morgan fingerprint density at radius 2 is 1.89 bits per heavy atom. The summed E-state index contributed by atoms with van der Waals surface area (Å²) in [6.45, 7) is 6.14. The highest BCUT2D eigenvalue weighted by molar-refractivity contribution is 7.13. The maximum Gasteiger partial charge on any atom is 0.290 e. The summed E-state index contributed by atoms with van der Waals surface area (Å²) in [7, 11) is 0. The Labute approximate surface area is 226 Å². The highest BCUT2D eigenvalue weighted by atomic mass is 32.1. The van der Waals surface area contributed by atoms with Crippen LogP contribution in [0.1, 0.15) is 35.2 Å². The number of aromatic nitrogens is 1. The number of nitrogens with zero attached hydrogens (tertiary/aromatic N) is 4. The van der Waals surface area contributed by atoms with Gasteiger partial charge in [0.15, 0.2) is 10.9 Å². The van der Waals surface area contributed by atoms with Gasteiger partial charge in [0.2, 0.25) is 11.8 Å². The normalized spacial score (nSPS) is 14.1. The third-order valence-electron chi connectivity index (χ3n) is 6.18. The molecule has 0 aliphatic carbocycles. The number of carbonyl (C=O) groups is 3. The number of amides is 3. The molecule has 1 N–H and O–H groups in total. The molecule has 0 bridgehead atoms. The lowest BCUT2D eigenvalue weighted by atomic mass is 10.2. The number of hydrogen-bond donors (Lipinski definition) is 1. The van der Waals surface area contributed by atoms with Gasteiger partial charge in [-0.25, -0.2) is 4.98 Å². The van der Waals surface area contributed by atoms with Gasteiger partial charge in [0.25, 0.3) is 5.91 Å². The number of benzene rings is 1. The SMILES string of the molecule is CCCN(CC(=O)Nc1nc(CC(=O)N2CCN(C/C=C/c3ccccc3)CC2)cs1)C(=O)c1ccco1. The molecule has 0 spiro atoms. The molecule has 3 aromatic rings. The fourth-order valence-electron chi connectivity index (χ4n) is 4.20. The zero-order valence-corrected chi connectivity index (χ0v) is 22.4. The van der Waals surface area contributed by atoms with Gasteiger partial charge in [0.05, 0.1) is 18.4 Å². The summed E-state index contributed by atoms with van der Waals surface area (Å²) in [5.41, 5.74) is 1.81. The van der Waals surface area contributed by atoms with Gasteiger partial charge in [-0.15, -0.1) is 11.3 Å². The quantitative estimate of drug-likeness (QED) is 0.403. The molecule has 1 saturated heterocycles. The first-order chi connectivity index (χ1) is 18.5. The monoisotopic (exact) mass is 535 g/mol. The van der Waals surface area contributed by atoms with E-state index >= 15 is 0 Å². The van der Waals surface area contributed by atoms with Gasteiger partial charge < -0.3 is 19.5 Å². The second-order valence-electron chi connectivity index (χ2n) is 9.07. The zero-order valence-electron chi connectivity index (χ0n) is 21.5. The second kappa shape index (κ2) is 13.7. The van der Waals surface area contributed by atoms with Gasteiger partial charge in [-0.3, -0.25) is 19.3 Å². The minimum atomic E-state index is -0.344. The van der Waals surface area contributed by atoms with Crippen LogP contribution >= 0.6 is 11.3 Å². The number of anilines is 1. The van der Waals surface area contributed by atoms with E-state index in [4.69, 9.17) is 4.42 Å². The van der Waals surface area contributed by atoms with Crippen molar-refractivity contribution in [3.63, 3.8) is 0 Å². The minimum absolute atomic E-state index is 0.0332. The van der Waals surface area contributed by atoms with Crippen molar-refractivity contribution in [3.05, 3.63) is 77.2 Å². The number of rotatable bonds is 11. The van der Waals surface area contributed by atoms with Crippen LogP contribution in [0, 0.1) is 0 Å². The first kappa shape index (κ1) is 27.3. The maximum atomic E-state index is 12.8. The van der Waals surface area contributed by atoms with Crippen LogP contribution in [0.15, 0.2) is 64.6 Å². The predicted octanol–water partition coefficient (Wildman–Crippen LogP) is 3.63. The molecule has 1 aromatic carbocycles. The Morgan fingerprint density at radius 1 is 1.11 bits per heavy atom. The number of piperazine rings is 1. The Kier molecular flexibility index (Phi) is 9.83. The Morgan fingerprint density at radius 3 is 2.61 bits per heavy atom. The molecule has 4 rings (SSSR count). The van der Waals surface area contributed by atoms with E-state index in [0.29, 0.717) is 36.9 Å². The molecular weight excluding hydrogens is 502 g/mol. The third-order valence-corrected chi connectivity index (χ3v) is 6.98. The van der Waals surface area contributed by atoms with E-state index in [1.54, 1.807) is 17.5 Å². The lowest BCUT2D eigenvalue weighted by Gasteiger charge is -2.34. The van der Waals surface area contributed by atoms with Gasteiger partial charge >= 0.3 is 0 Å². The van der Waals surface area contributed by atoms with Crippen LogP contribution in [-0.4, -0.2) is 83.2 Å². The number of nitrogens with one attached hydrogen (secondary N) is 1. The van der Waals surface area contributed by atoms with Crippen molar-refractivity contribution in [1.82, 2.24) is 19.7 Å². The smallest absolute Gasteiger partial charge is 0.290 e. The molecule has 1 aliphatic rings. The summed E-state index contributed by atoms with van der Waals surface area (Å²) in [4.78, 5) is 48.1. The molecule has 1 fully saturated rings. The molecule has 3 heterocycles. The van der Waals surface area contributed by atoms with E-state index < -0.39 is 0 Å². The summed E-state index contributed by atoms with van der Waals surface area (Å²) >= 11 is 1.27. The largest absolute Gasteiger partial charge is 0.459 e. The minimum Gasteiger partial charge on any atom is -0.459 e. The van der Waals surface area contributed by atoms with Crippen molar-refractivity contribution in [2.45, 2.75) is 19.8 Å². The van der Waals surface area contributed by atoms with E-state index in [1.807, 2.05) is 30.0 Å². The fraction of sp³-hybridized carbons (Fsp3) is 0.357. The van der Waals surface area contributed by atoms with Crippen LogP contribution in [0.2, 0.25) is 0 Å². The van der Waals surface area contributed by atoms with Crippen molar-refractivity contribution in [3.8, 4) is 0 Å². The molecule has 0 saturated carbocycles. The molecule has 1 aliphatic heterocycles. The van der Waals surface area contributed by atoms with Gasteiger partial charge in [-0.05, 0) is 24.1 Å². The van der Waals surface area contributed by atoms with Crippen LogP contribution < -0.4 is 5.32 Å². The topological polar surface area (TPSA) is 99.0 Å². The molecule has 10 heteroatoms. The van der Waals surface area contributed by atoms with E-state index in [0.717, 1.165) is 19.6 Å². The van der Waals surface area contributed by atoms with E-state index in [-0.39, 0.29) is 36.4 Å². The summed E-state index contributed by atoms with van der Waals surface area (Å²) in [6.07, 6.45) is 6.61. The standard InChI is InChI=1S/C28H33N5O4S/c1-2-12-33(27(36)24-11-7-18-37-24)20-25(34)30-28-29-23(21-38-28)19-26(35)32-16-14-31(15-17-32)13-6-10-22-8-4-3-5-9-22/h3-11,18,21H,2,12-17,19-20H2,1H3,(H,29,30,34)/b10-6+. The Hall–Kier alpha value is -3.76. The van der Waals surface area contributed by atoms with Crippen molar-refractivity contribution >= 4 is 40.3 Å². The van der Waals surface area contributed by atoms with E-state index in [2.05, 4.69) is 39.5 Å². The summed E-state index contributed by atoms with van der Waals surface area (Å²) in [5.74, 6) is -0.440. The first-order valence-electron chi connectivity index (χ1n) is 12.8. The van der Waals surface area contributed by atoms with Gasteiger partial charge in [0, 0.05) is 44.6 Å². The van der Waals surface area contributed by atoms with Crippen LogP contribution in [0.5, 0.6) is 0 Å². The summed E-state index contributed by atoms with van der Waals surface area (Å²) < 4.78 is 5.18. The fourth-order valence-corrected chi connectivity index (χ4v) is 4.93. The number of carbonyl (C=O) groups excluding carboxylic acids is 3. The Bertz CT molecular complexity index is 1220. The average Bonchev–Trinajstić information content (AvgIpc) is 3.62. The van der Waals surface area contributed by atoms with Crippen molar-refractivity contribution in [2.24, 2.45) is 0 Å². The highest BCUT2D eigenvalue weighted by Crippen LogP contribution is 2.17. The Balaban J connectivity index is 1.20. The third kappa shape index (κ3) is 7.87. The molecule has 0 radical (unpaired) electrons. The molecule has 3 amide bonds. The van der Waals surface area contributed by atoms with E-state index in [9.17, 15) is 14.4 Å². The lowest BCUT2D eigenvalue weighted by molar-refractivity contribution is -0.132. The molecular formula is C28H33N5O4S. The molecule has 9 nitrogen and oxygen atoms in total. The number of hydrogen-bond acceptors (Lipinski definition) is 7. The van der Waals surface area contributed by atoms with Gasteiger partial charge in [-0.2, -0.15) is 0 Å². The summed E-state index contributed by atoms with van der Waals surface area (Å²) in [5, 5.41) is 4.95. The summed E-state index contributed by atoms with van der Waals surface area (Å²) in [6, 6.07) is 13.4. The second-order valence-corrected chi connectivity index (χ2v) is 9.93. The molecule has 0 atom stereocenters. The highest BCUT2D eigenvalue weighted by Gasteiger charge is 2.23. The number of thiazole rings is 1. The average molecular weight is 536 g/mol. The van der Waals surface area contributed by atoms with Crippen LogP contribution in [0.3, 0.4) is 0 Å². The zero-order chi connectivity index (χ0) is 26.7. The number of furan rings is 1. The molecule has 2 aromatic heterocycles. The maximum absolute atomic E-state index is 12.8. The molecule has 0 unspecified atom stereocenters. The van der Waals surface area contributed by atoms with Gasteiger partial charge in [-0.1, -0.05) is 49.4 Å². The predicted molar refractivity (Wildman–Crippen MR) is 148 cm³/mol. The molecule has 200 valence electrons. The molecule has 38 heavy (non-hydrogen) atoms. The lowest BCUT2D eigenvalue weighted by Crippen LogP contribution is -2.49. The van der Waals surface area contributed by atoms with Crippen LogP contribution in [-0.2, 0) is 16.0 Å².